The van der Waals surface area contributed by atoms with Gasteiger partial charge in [-0.15, -0.1) is 11.3 Å². The number of aryl methyl sites for hydroxylation is 2. The molecule has 0 radical (unpaired) electrons. The highest BCUT2D eigenvalue weighted by Gasteiger charge is 2.18. The first-order valence-corrected chi connectivity index (χ1v) is 12.3. The molecule has 4 nitrogen and oxygen atoms in total. The van der Waals surface area contributed by atoms with Crippen LogP contribution in [-0.4, -0.2) is 21.5 Å². The molecule has 0 saturated heterocycles. The van der Waals surface area contributed by atoms with Gasteiger partial charge in [0.25, 0.3) is 0 Å². The molecule has 2 aromatic carbocycles. The standard InChI is InChI=1S/C29H25N3OS/c1-3-20-7-9-21(10-8-20)27(33)17-28-32-19(2)29(34-28)22-11-13-25-23(16-22)18-31-26(25)14-12-24-6-4-5-15-30-24/h4-16H,3,17-18H2,1-2H3/b14-12+. The molecule has 0 saturated carbocycles. The number of carbonyl (C=O) groups is 1. The number of ketones is 1. The van der Waals surface area contributed by atoms with Gasteiger partial charge in [-0.25, -0.2) is 4.98 Å². The Morgan fingerprint density at radius 1 is 1.06 bits per heavy atom. The SMILES string of the molecule is CCc1ccc(C(=O)Cc2nc(C)c(-c3ccc4c(c3)CN=C4/C=C/c3ccccn3)s2)cc1. The largest absolute Gasteiger partial charge is 0.294 e. The van der Waals surface area contributed by atoms with E-state index in [0.29, 0.717) is 13.0 Å². The number of fused-ring (bicyclic) bond motifs is 1. The first-order chi connectivity index (χ1) is 16.6. The molecule has 0 aliphatic carbocycles. The van der Waals surface area contributed by atoms with E-state index in [2.05, 4.69) is 30.1 Å². The fourth-order valence-corrected chi connectivity index (χ4v) is 5.17. The van der Waals surface area contributed by atoms with Crippen LogP contribution >= 0.6 is 11.3 Å². The summed E-state index contributed by atoms with van der Waals surface area (Å²) in [5.41, 5.74) is 8.33. The lowest BCUT2D eigenvalue weighted by Crippen LogP contribution is -2.03. The third kappa shape index (κ3) is 4.66. The summed E-state index contributed by atoms with van der Waals surface area (Å²) in [7, 11) is 0. The van der Waals surface area contributed by atoms with Crippen molar-refractivity contribution >= 4 is 28.9 Å². The van der Waals surface area contributed by atoms with Gasteiger partial charge in [-0.1, -0.05) is 49.4 Å². The van der Waals surface area contributed by atoms with Crippen molar-refractivity contribution in [3.05, 3.63) is 112 Å². The summed E-state index contributed by atoms with van der Waals surface area (Å²) >= 11 is 1.61. The van der Waals surface area contributed by atoms with Crippen LogP contribution in [0.1, 0.15) is 50.4 Å². The number of rotatable bonds is 7. The summed E-state index contributed by atoms with van der Waals surface area (Å²) in [6.45, 7) is 4.80. The van der Waals surface area contributed by atoms with Crippen LogP contribution in [0.5, 0.6) is 0 Å². The van der Waals surface area contributed by atoms with E-state index in [1.54, 1.807) is 17.5 Å². The molecule has 2 aromatic heterocycles. The number of aliphatic imine (C=N–C) groups is 1. The zero-order valence-electron chi connectivity index (χ0n) is 19.3. The van der Waals surface area contributed by atoms with Crippen LogP contribution in [0.2, 0.25) is 0 Å². The average Bonchev–Trinajstić information content (AvgIpc) is 3.45. The van der Waals surface area contributed by atoms with Crippen molar-refractivity contribution < 1.29 is 4.79 Å². The normalized spacial score (nSPS) is 12.7. The quantitative estimate of drug-likeness (QED) is 0.293. The third-order valence-electron chi connectivity index (χ3n) is 6.00. The van der Waals surface area contributed by atoms with Gasteiger partial charge in [0, 0.05) is 17.3 Å². The van der Waals surface area contributed by atoms with Gasteiger partial charge in [0.15, 0.2) is 5.78 Å². The molecular formula is C29H25N3OS. The highest BCUT2D eigenvalue weighted by atomic mass is 32.1. The predicted octanol–water partition coefficient (Wildman–Crippen LogP) is 6.52. The van der Waals surface area contributed by atoms with Crippen LogP contribution in [0.4, 0.5) is 0 Å². The fraction of sp³-hybridized carbons (Fsp3) is 0.172. The number of pyridine rings is 1. The Labute approximate surface area is 203 Å². The molecule has 0 amide bonds. The van der Waals surface area contributed by atoms with Crippen molar-refractivity contribution in [2.24, 2.45) is 4.99 Å². The third-order valence-corrected chi connectivity index (χ3v) is 7.21. The van der Waals surface area contributed by atoms with Gasteiger partial charge in [-0.3, -0.25) is 14.8 Å². The topological polar surface area (TPSA) is 55.2 Å². The van der Waals surface area contributed by atoms with Crippen molar-refractivity contribution in [1.82, 2.24) is 9.97 Å². The van der Waals surface area contributed by atoms with Crippen LogP contribution < -0.4 is 0 Å². The summed E-state index contributed by atoms with van der Waals surface area (Å²) in [5.74, 6) is 0.106. The van der Waals surface area contributed by atoms with E-state index in [4.69, 9.17) is 9.98 Å². The van der Waals surface area contributed by atoms with Gasteiger partial charge in [0.1, 0.15) is 5.01 Å². The zero-order chi connectivity index (χ0) is 23.5. The highest BCUT2D eigenvalue weighted by Crippen LogP contribution is 2.33. The first-order valence-electron chi connectivity index (χ1n) is 11.5. The Bertz CT molecular complexity index is 1400. The van der Waals surface area contributed by atoms with E-state index in [9.17, 15) is 4.79 Å². The molecule has 0 unspecified atom stereocenters. The van der Waals surface area contributed by atoms with E-state index >= 15 is 0 Å². The van der Waals surface area contributed by atoms with E-state index in [0.717, 1.165) is 50.1 Å². The first kappa shape index (κ1) is 22.1. The monoisotopic (exact) mass is 463 g/mol. The van der Waals surface area contributed by atoms with Crippen molar-refractivity contribution in [2.75, 3.05) is 0 Å². The summed E-state index contributed by atoms with van der Waals surface area (Å²) in [5, 5.41) is 0.854. The number of benzene rings is 2. The number of thiazole rings is 1. The molecule has 5 rings (SSSR count). The number of hydrogen-bond acceptors (Lipinski definition) is 5. The molecule has 0 spiro atoms. The molecular weight excluding hydrogens is 438 g/mol. The second kappa shape index (κ2) is 9.65. The molecule has 1 aliphatic heterocycles. The van der Waals surface area contributed by atoms with Gasteiger partial charge in [-0.05, 0) is 60.4 Å². The molecule has 4 aromatic rings. The lowest BCUT2D eigenvalue weighted by atomic mass is 10.0. The average molecular weight is 464 g/mol. The Hall–Kier alpha value is -3.70. The van der Waals surface area contributed by atoms with Gasteiger partial charge >= 0.3 is 0 Å². The summed E-state index contributed by atoms with van der Waals surface area (Å²) < 4.78 is 0. The number of Topliss-reactive ketones (excluding diaryl/α,β-unsaturated/α-hetero) is 1. The molecule has 3 heterocycles. The maximum Gasteiger partial charge on any atom is 0.169 e. The lowest BCUT2D eigenvalue weighted by molar-refractivity contribution is 0.0993. The molecule has 0 fully saturated rings. The molecule has 168 valence electrons. The molecule has 0 N–H and O–H groups in total. The van der Waals surface area contributed by atoms with Crippen LogP contribution in [0, 0.1) is 6.92 Å². The minimum Gasteiger partial charge on any atom is -0.294 e. The summed E-state index contributed by atoms with van der Waals surface area (Å²) in [6, 6.07) is 20.2. The number of carbonyl (C=O) groups excluding carboxylic acids is 1. The molecule has 34 heavy (non-hydrogen) atoms. The molecule has 5 heteroatoms. The van der Waals surface area contributed by atoms with Crippen LogP contribution in [-0.2, 0) is 19.4 Å². The van der Waals surface area contributed by atoms with Gasteiger partial charge in [0.2, 0.25) is 0 Å². The van der Waals surface area contributed by atoms with Crippen molar-refractivity contribution in [1.29, 1.82) is 0 Å². The Morgan fingerprint density at radius 3 is 2.68 bits per heavy atom. The van der Waals surface area contributed by atoms with Crippen LogP contribution in [0.25, 0.3) is 16.5 Å². The maximum atomic E-state index is 12.8. The Balaban J connectivity index is 1.32. The van der Waals surface area contributed by atoms with Crippen molar-refractivity contribution in [3.63, 3.8) is 0 Å². The number of aromatic nitrogens is 2. The van der Waals surface area contributed by atoms with Gasteiger partial charge in [-0.2, -0.15) is 0 Å². The minimum atomic E-state index is 0.106. The van der Waals surface area contributed by atoms with E-state index < -0.39 is 0 Å². The number of nitrogens with zero attached hydrogens (tertiary/aromatic N) is 3. The van der Waals surface area contributed by atoms with Gasteiger partial charge < -0.3 is 0 Å². The van der Waals surface area contributed by atoms with Gasteiger partial charge in [0.05, 0.1) is 34.9 Å². The summed E-state index contributed by atoms with van der Waals surface area (Å²) in [6.07, 6.45) is 7.11. The van der Waals surface area contributed by atoms with E-state index in [-0.39, 0.29) is 5.78 Å². The molecule has 0 bridgehead atoms. The van der Waals surface area contributed by atoms with Crippen molar-refractivity contribution in [3.8, 4) is 10.4 Å². The number of hydrogen-bond donors (Lipinski definition) is 0. The Morgan fingerprint density at radius 2 is 1.91 bits per heavy atom. The lowest BCUT2D eigenvalue weighted by Gasteiger charge is -2.04. The minimum absolute atomic E-state index is 0.106. The van der Waals surface area contributed by atoms with E-state index in [1.165, 1.54) is 11.1 Å². The molecule has 1 aliphatic rings. The van der Waals surface area contributed by atoms with E-state index in [1.807, 2.05) is 61.5 Å². The highest BCUT2D eigenvalue weighted by molar-refractivity contribution is 7.15. The zero-order valence-corrected chi connectivity index (χ0v) is 20.1. The molecule has 0 atom stereocenters. The second-order valence-electron chi connectivity index (χ2n) is 8.33. The summed E-state index contributed by atoms with van der Waals surface area (Å²) in [4.78, 5) is 27.6. The predicted molar refractivity (Wildman–Crippen MR) is 140 cm³/mol. The van der Waals surface area contributed by atoms with Crippen LogP contribution in [0.15, 0.2) is 77.9 Å². The maximum absolute atomic E-state index is 12.8. The van der Waals surface area contributed by atoms with Crippen LogP contribution in [0.3, 0.4) is 0 Å². The second-order valence-corrected chi connectivity index (χ2v) is 9.42. The number of allylic oxidation sites excluding steroid dienone is 1. The smallest absolute Gasteiger partial charge is 0.169 e. The Kier molecular flexibility index (Phi) is 6.28. The van der Waals surface area contributed by atoms with Crippen molar-refractivity contribution in [2.45, 2.75) is 33.2 Å². The fourth-order valence-electron chi connectivity index (χ4n) is 4.11.